The predicted molar refractivity (Wildman–Crippen MR) is 168 cm³/mol. The van der Waals surface area contributed by atoms with E-state index in [-0.39, 0.29) is 35.0 Å². The third-order valence-corrected chi connectivity index (χ3v) is 7.01. The first-order valence-electron chi connectivity index (χ1n) is 15.3. The molecular formula is C32H54N4O7. The molecule has 2 rings (SSSR count). The van der Waals surface area contributed by atoms with Crippen LogP contribution >= 0.6 is 0 Å². The Morgan fingerprint density at radius 1 is 1.02 bits per heavy atom. The Bertz CT molecular complexity index is 1200. The van der Waals surface area contributed by atoms with E-state index in [1.54, 1.807) is 7.11 Å². The summed E-state index contributed by atoms with van der Waals surface area (Å²) in [6, 6.07) is 0. The van der Waals surface area contributed by atoms with Crippen LogP contribution in [0.3, 0.4) is 0 Å². The second kappa shape index (κ2) is 15.8. The lowest BCUT2D eigenvalue weighted by Crippen LogP contribution is -2.39. The lowest BCUT2D eigenvalue weighted by atomic mass is 9.76. The van der Waals surface area contributed by atoms with Crippen LogP contribution in [0.1, 0.15) is 106 Å². The standard InChI is InChI=1S/C32H54N4O7/c1-30(2,3)21-32(7,8)28(39)34-17-13-11-10-12-16-33-25(37)15-14-22-19-36(29(40)35-27(22)38)26-18-23(43-31(4,5)6)24(42-26)20-41-9/h14-15,19,23-24,26H,10-13,16-18,20-21H2,1-9H3,(H,33,37)(H,34,39)(H,35,38,40)/b15-14+. The Labute approximate surface area is 256 Å². The summed E-state index contributed by atoms with van der Waals surface area (Å²) in [6.45, 7) is 17.7. The minimum atomic E-state index is -0.652. The molecule has 0 aliphatic carbocycles. The molecule has 11 nitrogen and oxygen atoms in total. The van der Waals surface area contributed by atoms with Crippen molar-refractivity contribution in [1.82, 2.24) is 20.2 Å². The van der Waals surface area contributed by atoms with Crippen molar-refractivity contribution in [1.29, 1.82) is 0 Å². The highest BCUT2D eigenvalue weighted by Crippen LogP contribution is 2.34. The fourth-order valence-electron chi connectivity index (χ4n) is 5.48. The van der Waals surface area contributed by atoms with Crippen molar-refractivity contribution in [3.8, 4) is 0 Å². The van der Waals surface area contributed by atoms with Gasteiger partial charge >= 0.3 is 5.69 Å². The Balaban J connectivity index is 1.81. The zero-order valence-corrected chi connectivity index (χ0v) is 27.6. The van der Waals surface area contributed by atoms with Gasteiger partial charge in [-0.25, -0.2) is 4.79 Å². The Morgan fingerprint density at radius 3 is 2.23 bits per heavy atom. The Kier molecular flexibility index (Phi) is 13.4. The van der Waals surface area contributed by atoms with Gasteiger partial charge in [-0.3, -0.25) is 23.9 Å². The summed E-state index contributed by atoms with van der Waals surface area (Å²) in [7, 11) is 1.57. The van der Waals surface area contributed by atoms with Gasteiger partial charge in [-0.2, -0.15) is 0 Å². The molecule has 1 aliphatic heterocycles. The highest BCUT2D eigenvalue weighted by Gasteiger charge is 2.39. The minimum Gasteiger partial charge on any atom is -0.382 e. The van der Waals surface area contributed by atoms with Crippen LogP contribution in [0.2, 0.25) is 0 Å². The molecule has 3 N–H and O–H groups in total. The van der Waals surface area contributed by atoms with Gasteiger partial charge in [0.05, 0.1) is 23.9 Å². The molecule has 2 heterocycles. The van der Waals surface area contributed by atoms with Crippen LogP contribution in [0, 0.1) is 10.8 Å². The Hall–Kier alpha value is -2.76. The average molecular weight is 607 g/mol. The highest BCUT2D eigenvalue weighted by molar-refractivity contribution is 5.91. The maximum Gasteiger partial charge on any atom is 0.330 e. The van der Waals surface area contributed by atoms with Gasteiger partial charge in [0, 0.05) is 44.3 Å². The second-order valence-corrected chi connectivity index (χ2v) is 14.3. The number of hydrogen-bond donors (Lipinski definition) is 3. The molecule has 0 spiro atoms. The van der Waals surface area contributed by atoms with Crippen LogP contribution in [0.15, 0.2) is 21.9 Å². The van der Waals surface area contributed by atoms with E-state index in [0.29, 0.717) is 26.1 Å². The number of nitrogens with zero attached hydrogens (tertiary/aromatic N) is 1. The maximum atomic E-state index is 12.6. The number of H-pyrrole nitrogens is 1. The number of rotatable bonds is 15. The van der Waals surface area contributed by atoms with Gasteiger partial charge in [0.25, 0.3) is 5.56 Å². The number of unbranched alkanes of at least 4 members (excludes halogenated alkanes) is 3. The van der Waals surface area contributed by atoms with Crippen molar-refractivity contribution < 1.29 is 23.8 Å². The molecule has 3 atom stereocenters. The van der Waals surface area contributed by atoms with Crippen molar-refractivity contribution in [3.05, 3.63) is 38.7 Å². The first-order valence-corrected chi connectivity index (χ1v) is 15.3. The monoisotopic (exact) mass is 606 g/mol. The summed E-state index contributed by atoms with van der Waals surface area (Å²) in [5.41, 5.74) is -1.75. The van der Waals surface area contributed by atoms with Crippen molar-refractivity contribution in [3.63, 3.8) is 0 Å². The lowest BCUT2D eigenvalue weighted by molar-refractivity contribution is -0.130. The maximum absolute atomic E-state index is 12.6. The van der Waals surface area contributed by atoms with Gasteiger partial charge in [0.15, 0.2) is 0 Å². The molecule has 43 heavy (non-hydrogen) atoms. The fourth-order valence-corrected chi connectivity index (χ4v) is 5.48. The third-order valence-electron chi connectivity index (χ3n) is 7.01. The zero-order valence-electron chi connectivity index (χ0n) is 27.6. The van der Waals surface area contributed by atoms with Gasteiger partial charge in [-0.1, -0.05) is 47.5 Å². The average Bonchev–Trinajstić information content (AvgIpc) is 3.23. The molecule has 0 radical (unpaired) electrons. The van der Waals surface area contributed by atoms with Crippen LogP contribution in [0.5, 0.6) is 0 Å². The number of carbonyl (C=O) groups is 2. The topological polar surface area (TPSA) is 141 Å². The number of aromatic nitrogens is 2. The number of aromatic amines is 1. The van der Waals surface area contributed by atoms with Gasteiger partial charge in [-0.15, -0.1) is 0 Å². The number of methoxy groups -OCH3 is 1. The normalized spacial score (nSPS) is 19.6. The third kappa shape index (κ3) is 12.8. The summed E-state index contributed by atoms with van der Waals surface area (Å²) >= 11 is 0. The van der Waals surface area contributed by atoms with Crippen molar-refractivity contribution in [2.45, 2.75) is 118 Å². The fraction of sp³-hybridized carbons (Fsp3) is 0.750. The molecule has 2 amide bonds. The molecule has 1 aliphatic rings. The highest BCUT2D eigenvalue weighted by atomic mass is 16.6. The van der Waals surface area contributed by atoms with Gasteiger partial charge in [-0.05, 0) is 51.5 Å². The summed E-state index contributed by atoms with van der Waals surface area (Å²) in [6.07, 6.45) is 7.51. The molecule has 11 heteroatoms. The van der Waals surface area contributed by atoms with Crippen molar-refractivity contribution in [2.24, 2.45) is 10.8 Å². The smallest absolute Gasteiger partial charge is 0.330 e. The van der Waals surface area contributed by atoms with Crippen molar-refractivity contribution in [2.75, 3.05) is 26.8 Å². The lowest BCUT2D eigenvalue weighted by Gasteiger charge is -2.31. The van der Waals surface area contributed by atoms with E-state index in [0.717, 1.165) is 32.1 Å². The molecule has 0 bridgehead atoms. The van der Waals surface area contributed by atoms with E-state index in [9.17, 15) is 19.2 Å². The number of ether oxygens (including phenoxy) is 3. The number of amides is 2. The molecule has 1 aromatic heterocycles. The largest absolute Gasteiger partial charge is 0.382 e. The Morgan fingerprint density at radius 2 is 1.65 bits per heavy atom. The van der Waals surface area contributed by atoms with E-state index < -0.39 is 28.5 Å². The van der Waals surface area contributed by atoms with E-state index in [2.05, 4.69) is 36.4 Å². The summed E-state index contributed by atoms with van der Waals surface area (Å²) in [5.74, 6) is -0.248. The van der Waals surface area contributed by atoms with E-state index in [1.807, 2.05) is 34.6 Å². The molecule has 244 valence electrons. The molecule has 0 saturated carbocycles. The molecule has 3 unspecified atom stereocenters. The summed E-state index contributed by atoms with van der Waals surface area (Å²) in [4.78, 5) is 52.2. The SMILES string of the molecule is COCC1OC(n2cc(/C=C/C(=O)NCCCCCCNC(=O)C(C)(C)CC(C)(C)C)c(=O)[nH]c2=O)CC1OC(C)(C)C. The van der Waals surface area contributed by atoms with Gasteiger partial charge in [0.2, 0.25) is 11.8 Å². The summed E-state index contributed by atoms with van der Waals surface area (Å²) in [5, 5.41) is 5.87. The quantitative estimate of drug-likeness (QED) is 0.203. The first-order chi connectivity index (χ1) is 19.9. The van der Waals surface area contributed by atoms with E-state index >= 15 is 0 Å². The zero-order chi connectivity index (χ0) is 32.4. The second-order valence-electron chi connectivity index (χ2n) is 14.3. The van der Waals surface area contributed by atoms with Crippen LogP contribution in [0.25, 0.3) is 6.08 Å². The molecule has 1 fully saturated rings. The molecule has 1 aromatic rings. The van der Waals surface area contributed by atoms with E-state index in [4.69, 9.17) is 14.2 Å². The number of hydrogen-bond acceptors (Lipinski definition) is 7. The van der Waals surface area contributed by atoms with Gasteiger partial charge in [0.1, 0.15) is 12.3 Å². The van der Waals surface area contributed by atoms with Crippen molar-refractivity contribution >= 4 is 17.9 Å². The van der Waals surface area contributed by atoms with E-state index in [1.165, 1.54) is 22.9 Å². The summed E-state index contributed by atoms with van der Waals surface area (Å²) < 4.78 is 18.8. The van der Waals surface area contributed by atoms with Crippen LogP contribution < -0.4 is 21.9 Å². The number of carbonyl (C=O) groups excluding carboxylic acids is 2. The molecular weight excluding hydrogens is 552 g/mol. The van der Waals surface area contributed by atoms with Gasteiger partial charge < -0.3 is 24.8 Å². The van der Waals surface area contributed by atoms with Crippen LogP contribution in [0.4, 0.5) is 0 Å². The molecule has 0 aromatic carbocycles. The molecule has 1 saturated heterocycles. The minimum absolute atomic E-state index is 0.0838. The first kappa shape index (κ1) is 36.4. The van der Waals surface area contributed by atoms with Crippen LogP contribution in [-0.4, -0.2) is 66.0 Å². The number of nitrogens with one attached hydrogen (secondary N) is 3. The van der Waals surface area contributed by atoms with Crippen LogP contribution in [-0.2, 0) is 23.8 Å². The predicted octanol–water partition coefficient (Wildman–Crippen LogP) is 3.92.